The number of nitrogens with zero attached hydrogens (tertiary/aromatic N) is 2. The summed E-state index contributed by atoms with van der Waals surface area (Å²) in [5.74, 6) is 1.15. The summed E-state index contributed by atoms with van der Waals surface area (Å²) in [6.45, 7) is 9.00. The van der Waals surface area contributed by atoms with E-state index < -0.39 is 0 Å². The molecule has 0 aromatic heterocycles. The summed E-state index contributed by atoms with van der Waals surface area (Å²) in [7, 11) is 0. The summed E-state index contributed by atoms with van der Waals surface area (Å²) in [5, 5.41) is 0. The molecule has 5 atom stereocenters. The minimum Gasteiger partial charge on any atom is -0.483 e. The first kappa shape index (κ1) is 20.7. The zero-order chi connectivity index (χ0) is 21.5. The summed E-state index contributed by atoms with van der Waals surface area (Å²) in [4.78, 5) is 31.4. The Hall–Kier alpha value is -2.18. The predicted molar refractivity (Wildman–Crippen MR) is 116 cm³/mol. The molecular formula is C25H32N2O4. The molecule has 0 bridgehead atoms. The number of Topliss-reactive ketones (excluding diaryl/α,β-unsaturated/α-hetero) is 1. The van der Waals surface area contributed by atoms with E-state index in [0.29, 0.717) is 29.7 Å². The summed E-state index contributed by atoms with van der Waals surface area (Å²) >= 11 is 0. The summed E-state index contributed by atoms with van der Waals surface area (Å²) < 4.78 is 11.8. The van der Waals surface area contributed by atoms with Crippen LogP contribution in [-0.2, 0) is 19.1 Å². The number of rotatable bonds is 4. The van der Waals surface area contributed by atoms with Crippen molar-refractivity contribution in [3.8, 4) is 0 Å². The Morgan fingerprint density at radius 1 is 0.968 bits per heavy atom. The van der Waals surface area contributed by atoms with Crippen LogP contribution in [0.2, 0.25) is 0 Å². The maximum Gasteiger partial charge on any atom is 0.290 e. The van der Waals surface area contributed by atoms with E-state index in [1.165, 1.54) is 0 Å². The lowest BCUT2D eigenvalue weighted by Gasteiger charge is -2.40. The first-order valence-corrected chi connectivity index (χ1v) is 11.7. The van der Waals surface area contributed by atoms with Crippen LogP contribution in [0.15, 0.2) is 41.7 Å². The van der Waals surface area contributed by atoms with Gasteiger partial charge in [-0.1, -0.05) is 44.2 Å². The van der Waals surface area contributed by atoms with Crippen molar-refractivity contribution in [2.24, 2.45) is 17.8 Å². The van der Waals surface area contributed by atoms with Crippen LogP contribution in [0, 0.1) is 17.8 Å². The molecule has 5 unspecified atom stereocenters. The zero-order valence-electron chi connectivity index (χ0n) is 18.5. The standard InChI is InChI=1S/C25H32N2O4/c1-16-14-19-20(15-17(16)2)31-24-21(23(19)28)22(18-6-4-3-5-7-18)27(25(24)29)9-8-26-10-12-30-13-11-26/h3-7,16-17,19-20,22H,8-15H2,1-2H3. The average Bonchev–Trinajstić information content (AvgIpc) is 3.07. The number of hydrogen-bond acceptors (Lipinski definition) is 5. The van der Waals surface area contributed by atoms with Gasteiger partial charge in [-0.2, -0.15) is 0 Å². The third-order valence-corrected chi connectivity index (χ3v) is 7.68. The van der Waals surface area contributed by atoms with E-state index in [-0.39, 0.29) is 29.8 Å². The van der Waals surface area contributed by atoms with Crippen LogP contribution < -0.4 is 0 Å². The number of fused-ring (bicyclic) bond motifs is 1. The molecule has 1 saturated carbocycles. The van der Waals surface area contributed by atoms with Crippen molar-refractivity contribution in [2.45, 2.75) is 38.8 Å². The lowest BCUT2D eigenvalue weighted by molar-refractivity contribution is -0.137. The molecule has 1 amide bonds. The lowest BCUT2D eigenvalue weighted by Crippen LogP contribution is -2.43. The molecular weight excluding hydrogens is 392 g/mol. The Morgan fingerprint density at radius 3 is 2.42 bits per heavy atom. The fourth-order valence-corrected chi connectivity index (χ4v) is 5.59. The molecule has 6 nitrogen and oxygen atoms in total. The second-order valence-corrected chi connectivity index (χ2v) is 9.56. The Labute approximate surface area is 184 Å². The van der Waals surface area contributed by atoms with Gasteiger partial charge in [0.2, 0.25) is 0 Å². The van der Waals surface area contributed by atoms with Gasteiger partial charge in [0.1, 0.15) is 6.10 Å². The number of ketones is 1. The highest BCUT2D eigenvalue weighted by Crippen LogP contribution is 2.48. The van der Waals surface area contributed by atoms with Gasteiger partial charge < -0.3 is 14.4 Å². The van der Waals surface area contributed by atoms with Gasteiger partial charge in [-0.3, -0.25) is 14.5 Å². The summed E-state index contributed by atoms with van der Waals surface area (Å²) in [6.07, 6.45) is 1.51. The van der Waals surface area contributed by atoms with E-state index in [1.54, 1.807) is 0 Å². The molecule has 0 spiro atoms. The first-order valence-electron chi connectivity index (χ1n) is 11.7. The van der Waals surface area contributed by atoms with Crippen LogP contribution in [-0.4, -0.2) is 67.0 Å². The SMILES string of the molecule is CC1CC2OC3=C(C(=O)C2CC1C)C(c1ccccc1)N(CCN1CCOCC1)C3=O. The first-order chi connectivity index (χ1) is 15.0. The van der Waals surface area contributed by atoms with Crippen LogP contribution in [0.4, 0.5) is 0 Å². The normalized spacial score (nSPS) is 33.9. The number of amides is 1. The second-order valence-electron chi connectivity index (χ2n) is 9.56. The van der Waals surface area contributed by atoms with Gasteiger partial charge in [0.25, 0.3) is 5.91 Å². The Kier molecular flexibility index (Phi) is 5.61. The molecule has 3 heterocycles. The Morgan fingerprint density at radius 2 is 1.68 bits per heavy atom. The number of ether oxygens (including phenoxy) is 2. The van der Waals surface area contributed by atoms with E-state index in [4.69, 9.17) is 9.47 Å². The number of hydrogen-bond donors (Lipinski definition) is 0. The Bertz CT molecular complexity index is 877. The summed E-state index contributed by atoms with van der Waals surface area (Å²) in [5.41, 5.74) is 1.57. The van der Waals surface area contributed by atoms with Crippen molar-refractivity contribution in [3.63, 3.8) is 0 Å². The van der Waals surface area contributed by atoms with Crippen molar-refractivity contribution in [1.29, 1.82) is 0 Å². The van der Waals surface area contributed by atoms with Gasteiger partial charge in [-0.15, -0.1) is 0 Å². The van der Waals surface area contributed by atoms with Crippen molar-refractivity contribution in [3.05, 3.63) is 47.2 Å². The fourth-order valence-electron chi connectivity index (χ4n) is 5.59. The highest BCUT2D eigenvalue weighted by molar-refractivity contribution is 6.11. The second kappa shape index (κ2) is 8.40. The molecule has 6 heteroatoms. The van der Waals surface area contributed by atoms with Crippen LogP contribution in [0.3, 0.4) is 0 Å². The maximum atomic E-state index is 13.7. The highest BCUT2D eigenvalue weighted by Gasteiger charge is 2.53. The molecule has 1 aromatic carbocycles. The van der Waals surface area contributed by atoms with Crippen molar-refractivity contribution >= 4 is 11.7 Å². The molecule has 3 aliphatic heterocycles. The monoisotopic (exact) mass is 424 g/mol. The van der Waals surface area contributed by atoms with Crippen LogP contribution in [0.1, 0.15) is 38.3 Å². The van der Waals surface area contributed by atoms with Gasteiger partial charge in [-0.25, -0.2) is 0 Å². The largest absolute Gasteiger partial charge is 0.483 e. The van der Waals surface area contributed by atoms with Crippen molar-refractivity contribution in [2.75, 3.05) is 39.4 Å². The Balaban J connectivity index is 1.46. The average molecular weight is 425 g/mol. The third-order valence-electron chi connectivity index (χ3n) is 7.68. The van der Waals surface area contributed by atoms with E-state index in [9.17, 15) is 9.59 Å². The molecule has 31 heavy (non-hydrogen) atoms. The maximum absolute atomic E-state index is 13.7. The minimum absolute atomic E-state index is 0.126. The summed E-state index contributed by atoms with van der Waals surface area (Å²) in [6, 6.07) is 9.58. The van der Waals surface area contributed by atoms with Crippen molar-refractivity contribution in [1.82, 2.24) is 9.80 Å². The van der Waals surface area contributed by atoms with E-state index in [2.05, 4.69) is 18.7 Å². The molecule has 5 rings (SSSR count). The van der Waals surface area contributed by atoms with E-state index >= 15 is 0 Å². The highest BCUT2D eigenvalue weighted by atomic mass is 16.5. The van der Waals surface area contributed by atoms with Gasteiger partial charge in [0, 0.05) is 26.2 Å². The van der Waals surface area contributed by atoms with Crippen molar-refractivity contribution < 1.29 is 19.1 Å². The number of morpholine rings is 1. The quantitative estimate of drug-likeness (QED) is 0.744. The van der Waals surface area contributed by atoms with Gasteiger partial charge >= 0.3 is 0 Å². The fraction of sp³-hybridized carbons (Fsp3) is 0.600. The minimum atomic E-state index is -0.354. The molecule has 1 saturated heterocycles. The molecule has 1 aromatic rings. The molecule has 4 aliphatic rings. The molecule has 1 aliphatic carbocycles. The molecule has 2 fully saturated rings. The van der Waals surface area contributed by atoms with Crippen LogP contribution in [0.25, 0.3) is 0 Å². The van der Waals surface area contributed by atoms with E-state index in [0.717, 1.165) is 51.3 Å². The number of carbonyl (C=O) groups excluding carboxylic acids is 2. The van der Waals surface area contributed by atoms with Gasteiger partial charge in [-0.05, 0) is 30.2 Å². The van der Waals surface area contributed by atoms with Crippen LogP contribution in [0.5, 0.6) is 0 Å². The molecule has 0 radical (unpaired) electrons. The number of carbonyl (C=O) groups is 2. The predicted octanol–water partition coefficient (Wildman–Crippen LogP) is 2.81. The number of benzene rings is 1. The smallest absolute Gasteiger partial charge is 0.290 e. The molecule has 0 N–H and O–H groups in total. The van der Waals surface area contributed by atoms with Gasteiger partial charge in [0.15, 0.2) is 11.5 Å². The lowest BCUT2D eigenvalue weighted by atomic mass is 9.70. The van der Waals surface area contributed by atoms with Crippen LogP contribution >= 0.6 is 0 Å². The van der Waals surface area contributed by atoms with E-state index in [1.807, 2.05) is 35.2 Å². The zero-order valence-corrected chi connectivity index (χ0v) is 18.5. The molecule has 166 valence electrons. The topological polar surface area (TPSA) is 59.1 Å². The van der Waals surface area contributed by atoms with Gasteiger partial charge in [0.05, 0.1) is 30.7 Å². The third kappa shape index (κ3) is 3.70.